The minimum atomic E-state index is -0.547. The van der Waals surface area contributed by atoms with Gasteiger partial charge in [-0.25, -0.2) is 4.90 Å². The lowest BCUT2D eigenvalue weighted by atomic mass is 10.1. The average molecular weight is 403 g/mol. The third-order valence-electron chi connectivity index (χ3n) is 4.24. The van der Waals surface area contributed by atoms with Crippen molar-refractivity contribution in [2.75, 3.05) is 16.0 Å². The predicted octanol–water partition coefficient (Wildman–Crippen LogP) is 3.96. The van der Waals surface area contributed by atoms with Crippen LogP contribution in [0.3, 0.4) is 0 Å². The van der Waals surface area contributed by atoms with Crippen molar-refractivity contribution in [2.24, 2.45) is 0 Å². The fourth-order valence-corrected chi connectivity index (χ4v) is 4.01. The van der Waals surface area contributed by atoms with Gasteiger partial charge in [-0.05, 0) is 49.7 Å². The van der Waals surface area contributed by atoms with E-state index >= 15 is 0 Å². The zero-order chi connectivity index (χ0) is 19.6. The summed E-state index contributed by atoms with van der Waals surface area (Å²) >= 11 is 7.00. The van der Waals surface area contributed by atoms with Crippen molar-refractivity contribution >= 4 is 52.5 Å². The van der Waals surface area contributed by atoms with Gasteiger partial charge in [0.1, 0.15) is 0 Å². The minimum absolute atomic E-state index is 0.0903. The summed E-state index contributed by atoms with van der Waals surface area (Å²) in [6.07, 6.45) is 0.102. The number of nitrogens with one attached hydrogen (secondary N) is 1. The summed E-state index contributed by atoms with van der Waals surface area (Å²) in [4.78, 5) is 38.4. The number of thioether (sulfide) groups is 1. The second-order valence-electron chi connectivity index (χ2n) is 6.42. The molecule has 3 rings (SSSR count). The van der Waals surface area contributed by atoms with Crippen LogP contribution in [0.5, 0.6) is 0 Å². The van der Waals surface area contributed by atoms with E-state index in [-0.39, 0.29) is 29.9 Å². The SMILES string of the molecule is Cc1ccc(N2C(=O)CC(SCC(=O)Nc3ccc(Cl)cc3)C2=O)c(C)c1. The van der Waals surface area contributed by atoms with E-state index in [9.17, 15) is 14.4 Å². The van der Waals surface area contributed by atoms with Crippen molar-refractivity contribution in [3.05, 3.63) is 58.6 Å². The first-order chi connectivity index (χ1) is 12.8. The monoisotopic (exact) mass is 402 g/mol. The summed E-state index contributed by atoms with van der Waals surface area (Å²) in [6.45, 7) is 3.84. The van der Waals surface area contributed by atoms with Crippen LogP contribution in [-0.4, -0.2) is 28.7 Å². The normalized spacial score (nSPS) is 16.7. The average Bonchev–Trinajstić information content (AvgIpc) is 2.89. The Hall–Kier alpha value is -2.31. The third kappa shape index (κ3) is 4.51. The van der Waals surface area contributed by atoms with E-state index in [1.54, 1.807) is 30.3 Å². The van der Waals surface area contributed by atoms with Crippen molar-refractivity contribution in [2.45, 2.75) is 25.5 Å². The molecule has 5 nitrogen and oxygen atoms in total. The molecule has 0 aliphatic carbocycles. The molecule has 1 aliphatic rings. The maximum Gasteiger partial charge on any atom is 0.247 e. The van der Waals surface area contributed by atoms with E-state index in [1.165, 1.54) is 16.7 Å². The highest BCUT2D eigenvalue weighted by atomic mass is 35.5. The molecule has 0 saturated carbocycles. The molecule has 3 amide bonds. The number of halogens is 1. The second kappa shape index (κ2) is 8.15. The molecule has 1 fully saturated rings. The highest BCUT2D eigenvalue weighted by Gasteiger charge is 2.40. The molecule has 7 heteroatoms. The van der Waals surface area contributed by atoms with Gasteiger partial charge in [0, 0.05) is 17.1 Å². The van der Waals surface area contributed by atoms with Gasteiger partial charge in [-0.2, -0.15) is 0 Å². The molecule has 1 aliphatic heterocycles. The molecule has 0 bridgehead atoms. The van der Waals surface area contributed by atoms with Gasteiger partial charge in [0.15, 0.2) is 0 Å². The molecular weight excluding hydrogens is 384 g/mol. The molecular formula is C20H19ClN2O3S. The Morgan fingerprint density at radius 2 is 1.89 bits per heavy atom. The number of hydrogen-bond acceptors (Lipinski definition) is 4. The Kier molecular flexibility index (Phi) is 5.87. The van der Waals surface area contributed by atoms with Crippen molar-refractivity contribution < 1.29 is 14.4 Å². The lowest BCUT2D eigenvalue weighted by molar-refractivity contribution is -0.121. The van der Waals surface area contributed by atoms with Crippen LogP contribution in [0.15, 0.2) is 42.5 Å². The van der Waals surface area contributed by atoms with Crippen LogP contribution in [0.1, 0.15) is 17.5 Å². The van der Waals surface area contributed by atoms with Gasteiger partial charge in [-0.1, -0.05) is 29.3 Å². The summed E-state index contributed by atoms with van der Waals surface area (Å²) in [6, 6.07) is 12.4. The Balaban J connectivity index is 1.61. The molecule has 27 heavy (non-hydrogen) atoms. The summed E-state index contributed by atoms with van der Waals surface area (Å²) in [5.74, 6) is -0.640. The second-order valence-corrected chi connectivity index (χ2v) is 8.04. The van der Waals surface area contributed by atoms with Crippen LogP contribution in [0.25, 0.3) is 0 Å². The van der Waals surface area contributed by atoms with Gasteiger partial charge in [0.25, 0.3) is 0 Å². The van der Waals surface area contributed by atoms with Gasteiger partial charge < -0.3 is 5.32 Å². The summed E-state index contributed by atoms with van der Waals surface area (Å²) in [7, 11) is 0. The quantitative estimate of drug-likeness (QED) is 0.768. The van der Waals surface area contributed by atoms with E-state index in [0.717, 1.165) is 11.1 Å². The van der Waals surface area contributed by atoms with E-state index in [2.05, 4.69) is 5.32 Å². The summed E-state index contributed by atoms with van der Waals surface area (Å²) < 4.78 is 0. The van der Waals surface area contributed by atoms with Crippen LogP contribution >= 0.6 is 23.4 Å². The Bertz CT molecular complexity index is 899. The van der Waals surface area contributed by atoms with Crippen LogP contribution in [0.4, 0.5) is 11.4 Å². The van der Waals surface area contributed by atoms with Gasteiger partial charge in [0.2, 0.25) is 17.7 Å². The fourth-order valence-electron chi connectivity index (χ4n) is 2.95. The van der Waals surface area contributed by atoms with Crippen LogP contribution in [0.2, 0.25) is 5.02 Å². The first-order valence-electron chi connectivity index (χ1n) is 8.46. The van der Waals surface area contributed by atoms with Gasteiger partial charge in [-0.15, -0.1) is 11.8 Å². The lowest BCUT2D eigenvalue weighted by Gasteiger charge is -2.17. The molecule has 2 aromatic rings. The minimum Gasteiger partial charge on any atom is -0.325 e. The number of carbonyl (C=O) groups excluding carboxylic acids is 3. The Morgan fingerprint density at radius 3 is 2.56 bits per heavy atom. The molecule has 0 spiro atoms. The maximum absolute atomic E-state index is 12.7. The lowest BCUT2D eigenvalue weighted by Crippen LogP contribution is -2.32. The van der Waals surface area contributed by atoms with Crippen LogP contribution in [-0.2, 0) is 14.4 Å². The molecule has 1 atom stereocenters. The number of rotatable bonds is 5. The van der Waals surface area contributed by atoms with Crippen LogP contribution < -0.4 is 10.2 Å². The largest absolute Gasteiger partial charge is 0.325 e. The number of nitrogens with zero attached hydrogens (tertiary/aromatic N) is 1. The van der Waals surface area contributed by atoms with Gasteiger partial charge >= 0.3 is 0 Å². The number of amides is 3. The first kappa shape index (κ1) is 19.5. The molecule has 1 saturated heterocycles. The first-order valence-corrected chi connectivity index (χ1v) is 9.89. The van der Waals surface area contributed by atoms with E-state index < -0.39 is 5.25 Å². The molecule has 0 aromatic heterocycles. The molecule has 140 valence electrons. The number of aryl methyl sites for hydroxylation is 2. The van der Waals surface area contributed by atoms with E-state index in [4.69, 9.17) is 11.6 Å². The van der Waals surface area contributed by atoms with Crippen LogP contribution in [0, 0.1) is 13.8 Å². The number of carbonyl (C=O) groups is 3. The van der Waals surface area contributed by atoms with Crippen molar-refractivity contribution in [3.8, 4) is 0 Å². The number of imide groups is 1. The van der Waals surface area contributed by atoms with E-state index in [0.29, 0.717) is 16.4 Å². The Morgan fingerprint density at radius 1 is 1.19 bits per heavy atom. The predicted molar refractivity (Wildman–Crippen MR) is 109 cm³/mol. The topological polar surface area (TPSA) is 66.5 Å². The third-order valence-corrected chi connectivity index (χ3v) is 5.69. The van der Waals surface area contributed by atoms with Crippen molar-refractivity contribution in [1.29, 1.82) is 0 Å². The summed E-state index contributed by atoms with van der Waals surface area (Å²) in [5, 5.41) is 2.79. The fraction of sp³-hybridized carbons (Fsp3) is 0.250. The van der Waals surface area contributed by atoms with Crippen molar-refractivity contribution in [1.82, 2.24) is 0 Å². The zero-order valence-corrected chi connectivity index (χ0v) is 16.6. The highest BCUT2D eigenvalue weighted by Crippen LogP contribution is 2.32. The number of benzene rings is 2. The molecule has 0 radical (unpaired) electrons. The molecule has 1 unspecified atom stereocenters. The Labute approximate surface area is 167 Å². The van der Waals surface area contributed by atoms with Gasteiger partial charge in [0.05, 0.1) is 16.7 Å². The molecule has 1 N–H and O–H groups in total. The van der Waals surface area contributed by atoms with Crippen molar-refractivity contribution in [3.63, 3.8) is 0 Å². The number of anilines is 2. The standard InChI is InChI=1S/C20H19ClN2O3S/c1-12-3-8-16(13(2)9-12)23-19(25)10-17(20(23)26)27-11-18(24)22-15-6-4-14(21)5-7-15/h3-9,17H,10-11H2,1-2H3,(H,22,24). The highest BCUT2D eigenvalue weighted by molar-refractivity contribution is 8.01. The number of hydrogen-bond donors (Lipinski definition) is 1. The molecule has 1 heterocycles. The zero-order valence-electron chi connectivity index (χ0n) is 15.0. The summed E-state index contributed by atoms with van der Waals surface area (Å²) in [5.41, 5.74) is 3.20. The van der Waals surface area contributed by atoms with E-state index in [1.807, 2.05) is 26.0 Å². The van der Waals surface area contributed by atoms with Gasteiger partial charge in [-0.3, -0.25) is 14.4 Å². The smallest absolute Gasteiger partial charge is 0.247 e. The molecule has 2 aromatic carbocycles. The maximum atomic E-state index is 12.7.